The fraction of sp³-hybridized carbons (Fsp3) is 0.118. The summed E-state index contributed by atoms with van der Waals surface area (Å²) in [6.07, 6.45) is 3.52. The molecule has 0 radical (unpaired) electrons. The molecule has 2 aromatic heterocycles. The minimum absolute atomic E-state index is 0.528. The van der Waals surface area contributed by atoms with Gasteiger partial charge in [0, 0.05) is 24.5 Å². The van der Waals surface area contributed by atoms with E-state index in [4.69, 9.17) is 0 Å². The van der Waals surface area contributed by atoms with Crippen molar-refractivity contribution in [3.05, 3.63) is 72.1 Å². The highest BCUT2D eigenvalue weighted by molar-refractivity contribution is 5.52. The molecular weight excluding hydrogens is 274 g/mol. The predicted octanol–water partition coefficient (Wildman–Crippen LogP) is 3.54. The normalized spacial score (nSPS) is 10.2. The monoisotopic (exact) mass is 291 g/mol. The Bertz CT molecular complexity index is 729. The topological polar surface area (TPSA) is 62.7 Å². The molecule has 0 saturated carbocycles. The van der Waals surface area contributed by atoms with Crippen molar-refractivity contribution in [1.29, 1.82) is 0 Å². The molecule has 0 amide bonds. The summed E-state index contributed by atoms with van der Waals surface area (Å²) in [6, 6.07) is 15.9. The van der Waals surface area contributed by atoms with Crippen molar-refractivity contribution in [2.24, 2.45) is 0 Å². The maximum Gasteiger partial charge on any atom is 0.230 e. The number of aryl methyl sites for hydroxylation is 1. The predicted molar refractivity (Wildman–Crippen MR) is 88.1 cm³/mol. The Morgan fingerprint density at radius 2 is 1.77 bits per heavy atom. The highest BCUT2D eigenvalue weighted by Crippen LogP contribution is 2.16. The molecule has 2 heterocycles. The van der Waals surface area contributed by atoms with Crippen LogP contribution in [0.1, 0.15) is 11.1 Å². The van der Waals surface area contributed by atoms with Crippen molar-refractivity contribution >= 4 is 17.6 Å². The van der Waals surface area contributed by atoms with Gasteiger partial charge in [-0.15, -0.1) is 0 Å². The molecule has 0 aliphatic carbocycles. The van der Waals surface area contributed by atoms with Crippen molar-refractivity contribution in [3.8, 4) is 0 Å². The van der Waals surface area contributed by atoms with Gasteiger partial charge in [0.15, 0.2) is 0 Å². The second kappa shape index (κ2) is 6.67. The molecule has 0 bridgehead atoms. The van der Waals surface area contributed by atoms with Crippen LogP contribution in [0.25, 0.3) is 0 Å². The van der Waals surface area contributed by atoms with E-state index in [1.165, 1.54) is 5.56 Å². The molecule has 0 aliphatic heterocycles. The van der Waals surface area contributed by atoms with Crippen molar-refractivity contribution in [2.45, 2.75) is 13.5 Å². The van der Waals surface area contributed by atoms with Crippen LogP contribution < -0.4 is 10.6 Å². The van der Waals surface area contributed by atoms with Gasteiger partial charge in [-0.05, 0) is 24.6 Å². The molecule has 0 atom stereocenters. The van der Waals surface area contributed by atoms with E-state index in [2.05, 4.69) is 37.7 Å². The second-order valence-corrected chi connectivity index (χ2v) is 4.90. The fourth-order valence-electron chi connectivity index (χ4n) is 2.01. The molecular formula is C17H17N5. The van der Waals surface area contributed by atoms with Crippen molar-refractivity contribution < 1.29 is 0 Å². The first kappa shape index (κ1) is 14.0. The van der Waals surface area contributed by atoms with Crippen LogP contribution in [0, 0.1) is 6.92 Å². The number of anilines is 3. The maximum atomic E-state index is 4.51. The molecule has 5 heteroatoms. The Hall–Kier alpha value is -2.95. The van der Waals surface area contributed by atoms with Crippen LogP contribution >= 0.6 is 0 Å². The molecule has 0 fully saturated rings. The summed E-state index contributed by atoms with van der Waals surface area (Å²) >= 11 is 0. The minimum Gasteiger partial charge on any atom is -0.366 e. The van der Waals surface area contributed by atoms with Gasteiger partial charge in [-0.25, -0.2) is 9.97 Å². The third kappa shape index (κ3) is 3.58. The summed E-state index contributed by atoms with van der Waals surface area (Å²) in [5.74, 6) is 2.07. The van der Waals surface area contributed by atoms with E-state index < -0.39 is 0 Å². The lowest BCUT2D eigenvalue weighted by atomic mass is 10.2. The van der Waals surface area contributed by atoms with Gasteiger partial charge < -0.3 is 10.6 Å². The van der Waals surface area contributed by atoms with Crippen LogP contribution in [-0.4, -0.2) is 15.0 Å². The molecule has 0 aliphatic rings. The first-order valence-electron chi connectivity index (χ1n) is 7.11. The van der Waals surface area contributed by atoms with E-state index >= 15 is 0 Å². The molecule has 5 nitrogen and oxygen atoms in total. The lowest BCUT2D eigenvalue weighted by Crippen LogP contribution is -2.06. The van der Waals surface area contributed by atoms with Crippen LogP contribution in [0.15, 0.2) is 60.9 Å². The van der Waals surface area contributed by atoms with E-state index in [9.17, 15) is 0 Å². The Morgan fingerprint density at radius 1 is 0.955 bits per heavy atom. The van der Waals surface area contributed by atoms with Crippen LogP contribution in [0.5, 0.6) is 0 Å². The van der Waals surface area contributed by atoms with Gasteiger partial charge in [0.05, 0.1) is 0 Å². The highest BCUT2D eigenvalue weighted by Gasteiger charge is 2.04. The number of aromatic nitrogens is 3. The van der Waals surface area contributed by atoms with Gasteiger partial charge in [-0.3, -0.25) is 0 Å². The van der Waals surface area contributed by atoms with Gasteiger partial charge >= 0.3 is 0 Å². The van der Waals surface area contributed by atoms with Crippen LogP contribution in [0.2, 0.25) is 0 Å². The molecule has 0 saturated heterocycles. The summed E-state index contributed by atoms with van der Waals surface area (Å²) in [7, 11) is 0. The zero-order chi connectivity index (χ0) is 15.2. The number of nitrogens with zero attached hydrogens (tertiary/aromatic N) is 3. The quantitative estimate of drug-likeness (QED) is 0.753. The van der Waals surface area contributed by atoms with Gasteiger partial charge in [-0.1, -0.05) is 36.4 Å². The van der Waals surface area contributed by atoms with E-state index in [0.717, 1.165) is 23.7 Å². The summed E-state index contributed by atoms with van der Waals surface area (Å²) in [6.45, 7) is 2.71. The smallest absolute Gasteiger partial charge is 0.230 e. The maximum absolute atomic E-state index is 4.51. The van der Waals surface area contributed by atoms with Gasteiger partial charge in [0.2, 0.25) is 5.95 Å². The first-order chi connectivity index (χ1) is 10.8. The number of hydrogen-bond acceptors (Lipinski definition) is 5. The second-order valence-electron chi connectivity index (χ2n) is 4.90. The van der Waals surface area contributed by atoms with Crippen LogP contribution in [0.3, 0.4) is 0 Å². The van der Waals surface area contributed by atoms with Crippen molar-refractivity contribution in [2.75, 3.05) is 10.6 Å². The Labute approximate surface area is 129 Å². The first-order valence-corrected chi connectivity index (χ1v) is 7.11. The number of nitrogens with one attached hydrogen (secondary N) is 2. The summed E-state index contributed by atoms with van der Waals surface area (Å²) in [5, 5.41) is 6.44. The Morgan fingerprint density at radius 3 is 2.55 bits per heavy atom. The largest absolute Gasteiger partial charge is 0.366 e. The third-order valence-electron chi connectivity index (χ3n) is 3.18. The van der Waals surface area contributed by atoms with Gasteiger partial charge in [0.25, 0.3) is 0 Å². The van der Waals surface area contributed by atoms with Crippen LogP contribution in [-0.2, 0) is 6.54 Å². The number of benzene rings is 1. The van der Waals surface area contributed by atoms with E-state index in [0.29, 0.717) is 5.95 Å². The summed E-state index contributed by atoms with van der Waals surface area (Å²) in [4.78, 5) is 13.0. The van der Waals surface area contributed by atoms with E-state index in [1.54, 1.807) is 12.4 Å². The number of rotatable bonds is 5. The minimum atomic E-state index is 0.528. The van der Waals surface area contributed by atoms with Crippen molar-refractivity contribution in [3.63, 3.8) is 0 Å². The molecule has 3 aromatic rings. The lowest BCUT2D eigenvalue weighted by molar-refractivity contribution is 1.06. The molecule has 1 aromatic carbocycles. The number of hydrogen-bond donors (Lipinski definition) is 2. The highest BCUT2D eigenvalue weighted by atomic mass is 15.2. The zero-order valence-corrected chi connectivity index (χ0v) is 12.3. The summed E-state index contributed by atoms with van der Waals surface area (Å²) in [5.41, 5.74) is 2.21. The summed E-state index contributed by atoms with van der Waals surface area (Å²) < 4.78 is 0. The molecule has 0 unspecified atom stereocenters. The van der Waals surface area contributed by atoms with Crippen molar-refractivity contribution in [1.82, 2.24) is 15.0 Å². The molecule has 3 rings (SSSR count). The van der Waals surface area contributed by atoms with Gasteiger partial charge in [-0.2, -0.15) is 4.98 Å². The average molecular weight is 291 g/mol. The molecule has 2 N–H and O–H groups in total. The molecule has 22 heavy (non-hydrogen) atoms. The van der Waals surface area contributed by atoms with E-state index in [1.807, 2.05) is 43.3 Å². The standard InChI is InChI=1S/C17H17N5/c1-13-11-20-17(21-15-9-5-6-10-18-15)22-16(13)19-12-14-7-3-2-4-8-14/h2-11H,12H2,1H3,(H2,18,19,20,21,22). The van der Waals surface area contributed by atoms with Gasteiger partial charge in [0.1, 0.15) is 11.6 Å². The fourth-order valence-corrected chi connectivity index (χ4v) is 2.01. The Kier molecular flexibility index (Phi) is 4.25. The Balaban J connectivity index is 1.72. The molecule has 0 spiro atoms. The number of pyridine rings is 1. The van der Waals surface area contributed by atoms with Crippen LogP contribution in [0.4, 0.5) is 17.6 Å². The SMILES string of the molecule is Cc1cnc(Nc2ccccn2)nc1NCc1ccccc1. The lowest BCUT2D eigenvalue weighted by Gasteiger charge is -2.10. The zero-order valence-electron chi connectivity index (χ0n) is 12.3. The molecule has 110 valence electrons. The third-order valence-corrected chi connectivity index (χ3v) is 3.18. The van der Waals surface area contributed by atoms with E-state index in [-0.39, 0.29) is 0 Å². The average Bonchev–Trinajstić information content (AvgIpc) is 2.57.